The molecule has 0 aliphatic heterocycles. The Morgan fingerprint density at radius 2 is 1.56 bits per heavy atom. The van der Waals surface area contributed by atoms with Gasteiger partial charge in [-0.2, -0.15) is 0 Å². The maximum Gasteiger partial charge on any atom is 0.261 e. The maximum atomic E-state index is 13.5. The summed E-state index contributed by atoms with van der Waals surface area (Å²) in [6.45, 7) is 4.38. The molecular formula is C28H31BrN2O3. The Balaban J connectivity index is 1.84. The van der Waals surface area contributed by atoms with Crippen LogP contribution in [0.25, 0.3) is 0 Å². The Morgan fingerprint density at radius 1 is 0.941 bits per heavy atom. The topological polar surface area (TPSA) is 58.6 Å². The van der Waals surface area contributed by atoms with Crippen LogP contribution in [0.5, 0.6) is 5.75 Å². The normalized spacial score (nSPS) is 11.7. The molecule has 0 aliphatic rings. The fourth-order valence-corrected chi connectivity index (χ4v) is 4.23. The number of carbonyl (C=O) groups is 2. The predicted molar refractivity (Wildman–Crippen MR) is 139 cm³/mol. The number of ether oxygens (including phenoxy) is 1. The summed E-state index contributed by atoms with van der Waals surface area (Å²) < 4.78 is 6.70. The molecule has 34 heavy (non-hydrogen) atoms. The van der Waals surface area contributed by atoms with Crippen LogP contribution in [-0.4, -0.2) is 36.4 Å². The number of nitrogens with zero attached hydrogens (tertiary/aromatic N) is 1. The summed E-state index contributed by atoms with van der Waals surface area (Å²) in [5.41, 5.74) is 3.11. The summed E-state index contributed by atoms with van der Waals surface area (Å²) >= 11 is 3.55. The SMILES string of the molecule is CNC(=O)[C@H](Cc1ccccc1)N(Cc1ccccc1)C(=O)COc1ccc(C(C)C)cc1Br. The van der Waals surface area contributed by atoms with Crippen molar-refractivity contribution in [1.29, 1.82) is 0 Å². The third-order valence-corrected chi connectivity index (χ3v) is 6.31. The van der Waals surface area contributed by atoms with E-state index in [9.17, 15) is 9.59 Å². The monoisotopic (exact) mass is 522 g/mol. The fraction of sp³-hybridized carbons (Fsp3) is 0.286. The minimum atomic E-state index is -0.671. The van der Waals surface area contributed by atoms with Crippen molar-refractivity contribution in [3.05, 3.63) is 100 Å². The van der Waals surface area contributed by atoms with Gasteiger partial charge >= 0.3 is 0 Å². The molecule has 0 radical (unpaired) electrons. The van der Waals surface area contributed by atoms with E-state index in [4.69, 9.17) is 4.74 Å². The van der Waals surface area contributed by atoms with Crippen molar-refractivity contribution in [3.63, 3.8) is 0 Å². The molecule has 1 N–H and O–H groups in total. The van der Waals surface area contributed by atoms with Gasteiger partial charge in [-0.05, 0) is 50.7 Å². The van der Waals surface area contributed by atoms with Gasteiger partial charge in [0.15, 0.2) is 6.61 Å². The Labute approximate surface area is 210 Å². The smallest absolute Gasteiger partial charge is 0.261 e. The first-order valence-corrected chi connectivity index (χ1v) is 12.2. The highest BCUT2D eigenvalue weighted by Crippen LogP contribution is 2.29. The Bertz CT molecular complexity index is 1090. The van der Waals surface area contributed by atoms with Gasteiger partial charge in [-0.1, -0.05) is 80.6 Å². The number of likely N-dealkylation sites (N-methyl/N-ethyl adjacent to an activating group) is 1. The van der Waals surface area contributed by atoms with Crippen LogP contribution in [0.1, 0.15) is 36.5 Å². The zero-order valence-corrected chi connectivity index (χ0v) is 21.4. The number of amides is 2. The van der Waals surface area contributed by atoms with E-state index >= 15 is 0 Å². The first-order chi connectivity index (χ1) is 16.4. The molecule has 0 spiro atoms. The molecule has 3 rings (SSSR count). The Kier molecular flexibility index (Phi) is 9.28. The number of benzene rings is 3. The fourth-order valence-electron chi connectivity index (χ4n) is 3.72. The maximum absolute atomic E-state index is 13.5. The summed E-state index contributed by atoms with van der Waals surface area (Å²) in [4.78, 5) is 28.0. The molecule has 0 bridgehead atoms. The number of nitrogens with one attached hydrogen (secondary N) is 1. The third kappa shape index (κ3) is 6.94. The zero-order valence-electron chi connectivity index (χ0n) is 19.8. The van der Waals surface area contributed by atoms with Crippen molar-refractivity contribution in [2.75, 3.05) is 13.7 Å². The van der Waals surface area contributed by atoms with Gasteiger partial charge in [0.2, 0.25) is 5.91 Å². The molecule has 178 valence electrons. The minimum Gasteiger partial charge on any atom is -0.483 e. The molecule has 0 heterocycles. The van der Waals surface area contributed by atoms with E-state index in [0.29, 0.717) is 24.6 Å². The Hall–Kier alpha value is -3.12. The van der Waals surface area contributed by atoms with Gasteiger partial charge in [-0.15, -0.1) is 0 Å². The standard InChI is InChI=1S/C28H31BrN2O3/c1-20(2)23-14-15-26(24(29)17-23)34-19-27(32)31(18-22-12-8-5-9-13-22)25(28(33)30-3)16-21-10-6-4-7-11-21/h4-15,17,20,25H,16,18-19H2,1-3H3,(H,30,33)/t25-/m0/s1. The van der Waals surface area contributed by atoms with Gasteiger partial charge in [0, 0.05) is 20.0 Å². The minimum absolute atomic E-state index is 0.172. The highest BCUT2D eigenvalue weighted by Gasteiger charge is 2.30. The van der Waals surface area contributed by atoms with Gasteiger partial charge in [0.1, 0.15) is 11.8 Å². The summed E-state index contributed by atoms with van der Waals surface area (Å²) in [7, 11) is 1.59. The van der Waals surface area contributed by atoms with Gasteiger partial charge in [-0.25, -0.2) is 0 Å². The second-order valence-electron chi connectivity index (χ2n) is 8.46. The van der Waals surface area contributed by atoms with Crippen molar-refractivity contribution < 1.29 is 14.3 Å². The van der Waals surface area contributed by atoms with Crippen LogP contribution in [0.2, 0.25) is 0 Å². The van der Waals surface area contributed by atoms with Gasteiger partial charge in [0.05, 0.1) is 4.47 Å². The third-order valence-electron chi connectivity index (χ3n) is 5.69. The van der Waals surface area contributed by atoms with E-state index in [1.807, 2.05) is 78.9 Å². The molecule has 0 fully saturated rings. The summed E-state index contributed by atoms with van der Waals surface area (Å²) in [5.74, 6) is 0.514. The molecule has 6 heteroatoms. The molecular weight excluding hydrogens is 492 g/mol. The number of halogens is 1. The number of hydrogen-bond donors (Lipinski definition) is 1. The van der Waals surface area contributed by atoms with Gasteiger partial charge < -0.3 is 15.0 Å². The Morgan fingerprint density at radius 3 is 2.12 bits per heavy atom. The molecule has 1 atom stereocenters. The van der Waals surface area contributed by atoms with E-state index in [0.717, 1.165) is 15.6 Å². The summed E-state index contributed by atoms with van der Waals surface area (Å²) in [5, 5.41) is 2.72. The lowest BCUT2D eigenvalue weighted by Crippen LogP contribution is -2.51. The predicted octanol–water partition coefficient (Wildman–Crippen LogP) is 5.34. The summed E-state index contributed by atoms with van der Waals surface area (Å²) in [6, 6.07) is 24.6. The van der Waals surface area contributed by atoms with E-state index in [1.54, 1.807) is 11.9 Å². The van der Waals surface area contributed by atoms with Crippen molar-refractivity contribution in [2.45, 2.75) is 38.8 Å². The largest absolute Gasteiger partial charge is 0.483 e. The van der Waals surface area contributed by atoms with Crippen molar-refractivity contribution in [1.82, 2.24) is 10.2 Å². The molecule has 0 aromatic heterocycles. The average molecular weight is 523 g/mol. The number of rotatable bonds is 10. The van der Waals surface area contributed by atoms with Crippen LogP contribution in [0, 0.1) is 0 Å². The summed E-state index contributed by atoms with van der Waals surface area (Å²) in [6.07, 6.45) is 0.409. The van der Waals surface area contributed by atoms with Gasteiger partial charge in [-0.3, -0.25) is 9.59 Å². The molecule has 5 nitrogen and oxygen atoms in total. The first kappa shape index (κ1) is 25.5. The molecule has 3 aromatic carbocycles. The quantitative estimate of drug-likeness (QED) is 0.391. The van der Waals surface area contributed by atoms with E-state index in [1.165, 1.54) is 5.56 Å². The molecule has 0 aliphatic carbocycles. The van der Waals surface area contributed by atoms with E-state index < -0.39 is 6.04 Å². The van der Waals surface area contributed by atoms with Crippen LogP contribution in [-0.2, 0) is 22.6 Å². The van der Waals surface area contributed by atoms with E-state index in [-0.39, 0.29) is 18.4 Å². The highest BCUT2D eigenvalue weighted by atomic mass is 79.9. The molecule has 2 amide bonds. The lowest BCUT2D eigenvalue weighted by atomic mass is 10.0. The number of hydrogen-bond acceptors (Lipinski definition) is 3. The highest BCUT2D eigenvalue weighted by molar-refractivity contribution is 9.10. The van der Waals surface area contributed by atoms with Crippen molar-refractivity contribution >= 4 is 27.7 Å². The average Bonchev–Trinajstić information content (AvgIpc) is 2.85. The lowest BCUT2D eigenvalue weighted by molar-refractivity contribution is -0.142. The van der Waals surface area contributed by atoms with Crippen molar-refractivity contribution in [2.24, 2.45) is 0 Å². The van der Waals surface area contributed by atoms with Crippen LogP contribution >= 0.6 is 15.9 Å². The molecule has 0 saturated heterocycles. The number of carbonyl (C=O) groups excluding carboxylic acids is 2. The van der Waals surface area contributed by atoms with Crippen LogP contribution in [0.3, 0.4) is 0 Å². The van der Waals surface area contributed by atoms with Crippen molar-refractivity contribution in [3.8, 4) is 5.75 Å². The van der Waals surface area contributed by atoms with Gasteiger partial charge in [0.25, 0.3) is 5.91 Å². The second kappa shape index (κ2) is 12.4. The molecule has 3 aromatic rings. The first-order valence-electron chi connectivity index (χ1n) is 11.4. The molecule has 0 unspecified atom stereocenters. The van der Waals surface area contributed by atoms with E-state index in [2.05, 4.69) is 35.1 Å². The lowest BCUT2D eigenvalue weighted by Gasteiger charge is -2.31. The molecule has 0 saturated carbocycles. The van der Waals surface area contributed by atoms with Crippen LogP contribution < -0.4 is 10.1 Å². The second-order valence-corrected chi connectivity index (χ2v) is 9.31. The van der Waals surface area contributed by atoms with Crippen LogP contribution in [0.15, 0.2) is 83.3 Å². The zero-order chi connectivity index (χ0) is 24.5. The van der Waals surface area contributed by atoms with Crippen LogP contribution in [0.4, 0.5) is 0 Å².